The Labute approximate surface area is 187 Å². The van der Waals surface area contributed by atoms with Gasteiger partial charge in [0.05, 0.1) is 30.4 Å². The minimum Gasteiger partial charge on any atom is -0.492 e. The molecule has 2 aromatic rings. The number of nitrogens with zero attached hydrogens (tertiary/aromatic N) is 3. The van der Waals surface area contributed by atoms with E-state index in [2.05, 4.69) is 21.2 Å². The van der Waals surface area contributed by atoms with E-state index in [1.54, 1.807) is 24.3 Å². The second-order valence-corrected chi connectivity index (χ2v) is 8.22. The lowest BCUT2D eigenvalue weighted by Gasteiger charge is -2.45. The smallest absolute Gasteiger partial charge is 0.234 e. The van der Waals surface area contributed by atoms with Gasteiger partial charge in [0, 0.05) is 39.3 Å². The first-order chi connectivity index (χ1) is 15.6. The van der Waals surface area contributed by atoms with E-state index in [4.69, 9.17) is 14.7 Å². The number of halogens is 1. The number of morpholine rings is 2. The molecule has 7 nitrogen and oxygen atoms in total. The fraction of sp³-hybridized carbons (Fsp3) is 0.417. The number of nitriles is 1. The zero-order valence-electron chi connectivity index (χ0n) is 17.9. The van der Waals surface area contributed by atoms with Gasteiger partial charge in [0.25, 0.3) is 0 Å². The highest BCUT2D eigenvalue weighted by Gasteiger charge is 2.35. The third-order valence-electron chi connectivity index (χ3n) is 5.66. The van der Waals surface area contributed by atoms with Gasteiger partial charge in [-0.05, 0) is 42.0 Å². The minimum atomic E-state index is -0.283. The van der Waals surface area contributed by atoms with E-state index in [-0.39, 0.29) is 23.9 Å². The molecular weight excluding hydrogens is 411 g/mol. The summed E-state index contributed by atoms with van der Waals surface area (Å²) < 4.78 is 24.9. The molecule has 2 fully saturated rings. The predicted molar refractivity (Wildman–Crippen MR) is 116 cm³/mol. The van der Waals surface area contributed by atoms with E-state index in [9.17, 15) is 9.18 Å². The van der Waals surface area contributed by atoms with Crippen molar-refractivity contribution in [3.63, 3.8) is 0 Å². The molecule has 0 aromatic heterocycles. The third kappa shape index (κ3) is 6.26. The molecule has 2 saturated heterocycles. The summed E-state index contributed by atoms with van der Waals surface area (Å²) in [6.07, 6.45) is 0.143. The lowest BCUT2D eigenvalue weighted by atomic mass is 10.1. The molecule has 2 aliphatic rings. The van der Waals surface area contributed by atoms with Gasteiger partial charge in [-0.3, -0.25) is 14.6 Å². The van der Waals surface area contributed by atoms with Crippen LogP contribution in [0.4, 0.5) is 4.39 Å². The number of benzene rings is 2. The lowest BCUT2D eigenvalue weighted by molar-refractivity contribution is -0.145. The van der Waals surface area contributed by atoms with E-state index in [0.29, 0.717) is 38.3 Å². The highest BCUT2D eigenvalue weighted by Crippen LogP contribution is 2.19. The van der Waals surface area contributed by atoms with Gasteiger partial charge in [-0.25, -0.2) is 4.39 Å². The molecule has 1 N–H and O–H groups in total. The maximum absolute atomic E-state index is 13.0. The third-order valence-corrected chi connectivity index (χ3v) is 5.66. The van der Waals surface area contributed by atoms with Crippen molar-refractivity contribution in [1.82, 2.24) is 15.1 Å². The molecule has 0 saturated carbocycles. The maximum atomic E-state index is 13.0. The average molecular weight is 439 g/mol. The van der Waals surface area contributed by atoms with Crippen LogP contribution in [0.3, 0.4) is 0 Å². The highest BCUT2D eigenvalue weighted by molar-refractivity contribution is 5.78. The summed E-state index contributed by atoms with van der Waals surface area (Å²) in [7, 11) is 0. The van der Waals surface area contributed by atoms with Crippen LogP contribution in [0.5, 0.6) is 5.75 Å². The molecular formula is C24H27FN4O3. The number of carbonyl (C=O) groups is 1. The molecule has 2 atom stereocenters. The molecule has 2 aromatic carbocycles. The zero-order valence-corrected chi connectivity index (χ0v) is 17.9. The fourth-order valence-corrected chi connectivity index (χ4v) is 4.15. The Morgan fingerprint density at radius 2 is 1.72 bits per heavy atom. The molecule has 0 spiro atoms. The van der Waals surface area contributed by atoms with Crippen LogP contribution >= 0.6 is 0 Å². The van der Waals surface area contributed by atoms with E-state index in [1.807, 2.05) is 12.1 Å². The van der Waals surface area contributed by atoms with Crippen molar-refractivity contribution in [2.45, 2.75) is 18.8 Å². The van der Waals surface area contributed by atoms with Crippen LogP contribution < -0.4 is 10.1 Å². The number of rotatable bonds is 8. The van der Waals surface area contributed by atoms with Gasteiger partial charge in [0.2, 0.25) is 5.91 Å². The first-order valence-corrected chi connectivity index (χ1v) is 10.8. The fourth-order valence-electron chi connectivity index (χ4n) is 4.15. The number of carbonyl (C=O) groups excluding carboxylic acids is 1. The normalized spacial score (nSPS) is 21.0. The molecule has 8 heteroatoms. The van der Waals surface area contributed by atoms with Crippen LogP contribution in [0.1, 0.15) is 11.1 Å². The topological polar surface area (TPSA) is 77.8 Å². The summed E-state index contributed by atoms with van der Waals surface area (Å²) >= 11 is 0. The van der Waals surface area contributed by atoms with Crippen molar-refractivity contribution in [2.75, 3.05) is 45.9 Å². The van der Waals surface area contributed by atoms with Crippen molar-refractivity contribution >= 4 is 5.91 Å². The first-order valence-electron chi connectivity index (χ1n) is 10.8. The van der Waals surface area contributed by atoms with E-state index in [1.165, 1.54) is 12.1 Å². The monoisotopic (exact) mass is 438 g/mol. The quantitative estimate of drug-likeness (QED) is 0.677. The minimum absolute atomic E-state index is 0.0398. The molecule has 0 aliphatic carbocycles. The van der Waals surface area contributed by atoms with Gasteiger partial charge >= 0.3 is 0 Å². The number of hydrogen-bond acceptors (Lipinski definition) is 6. The molecule has 2 unspecified atom stereocenters. The number of fused-ring (bicyclic) bond motifs is 2. The van der Waals surface area contributed by atoms with Gasteiger partial charge in [-0.2, -0.15) is 5.26 Å². The Morgan fingerprint density at radius 1 is 1.06 bits per heavy atom. The Balaban J connectivity index is 1.17. The van der Waals surface area contributed by atoms with Crippen molar-refractivity contribution < 1.29 is 18.7 Å². The second kappa shape index (κ2) is 10.6. The van der Waals surface area contributed by atoms with Crippen molar-refractivity contribution in [1.29, 1.82) is 5.26 Å². The van der Waals surface area contributed by atoms with Gasteiger partial charge in [-0.15, -0.1) is 0 Å². The summed E-state index contributed by atoms with van der Waals surface area (Å²) in [5.41, 5.74) is 1.49. The highest BCUT2D eigenvalue weighted by atomic mass is 19.1. The number of amides is 1. The second-order valence-electron chi connectivity index (χ2n) is 8.22. The van der Waals surface area contributed by atoms with E-state index in [0.717, 1.165) is 30.9 Å². The van der Waals surface area contributed by atoms with Crippen molar-refractivity contribution in [3.8, 4) is 11.8 Å². The van der Waals surface area contributed by atoms with Gasteiger partial charge in [0.15, 0.2) is 0 Å². The largest absolute Gasteiger partial charge is 0.492 e. The Hall–Kier alpha value is -2.99. The Kier molecular flexibility index (Phi) is 7.32. The van der Waals surface area contributed by atoms with Crippen LogP contribution in [0.25, 0.3) is 0 Å². The molecule has 2 bridgehead atoms. The first kappa shape index (κ1) is 22.2. The Morgan fingerprint density at radius 3 is 2.38 bits per heavy atom. The maximum Gasteiger partial charge on any atom is 0.234 e. The van der Waals surface area contributed by atoms with Gasteiger partial charge in [0.1, 0.15) is 18.2 Å². The molecule has 2 heterocycles. The summed E-state index contributed by atoms with van der Waals surface area (Å²) in [5.74, 6) is 0.437. The summed E-state index contributed by atoms with van der Waals surface area (Å²) in [6.45, 7) is 5.14. The van der Waals surface area contributed by atoms with Gasteiger partial charge in [-0.1, -0.05) is 12.1 Å². The standard InChI is InChI=1S/C24H27FN4O3/c25-20-5-1-19(2-6-20)12-27-24(30)17-29-15-22-13-28(14-23(16-29)32-22)9-10-31-21-7-3-18(11-26)4-8-21/h1-8,22-23H,9-10,12-17H2,(H,27,30). The zero-order chi connectivity index (χ0) is 22.3. The molecule has 1 amide bonds. The summed E-state index contributed by atoms with van der Waals surface area (Å²) in [4.78, 5) is 16.8. The molecule has 32 heavy (non-hydrogen) atoms. The van der Waals surface area contributed by atoms with Gasteiger partial charge < -0.3 is 14.8 Å². The molecule has 2 aliphatic heterocycles. The van der Waals surface area contributed by atoms with Crippen molar-refractivity contribution in [3.05, 3.63) is 65.5 Å². The Bertz CT molecular complexity index is 931. The van der Waals surface area contributed by atoms with Crippen molar-refractivity contribution in [2.24, 2.45) is 0 Å². The molecule has 0 radical (unpaired) electrons. The van der Waals surface area contributed by atoms with Crippen LogP contribution in [-0.2, 0) is 16.1 Å². The van der Waals surface area contributed by atoms with Crippen LogP contribution in [-0.4, -0.2) is 73.8 Å². The summed E-state index contributed by atoms with van der Waals surface area (Å²) in [5, 5.41) is 11.8. The lowest BCUT2D eigenvalue weighted by Crippen LogP contribution is -2.60. The SMILES string of the molecule is N#Cc1ccc(OCCN2CC3CN(CC(=O)NCc4ccc(F)cc4)CC(C2)O3)cc1. The number of hydrogen-bond donors (Lipinski definition) is 1. The van der Waals surface area contributed by atoms with E-state index < -0.39 is 0 Å². The summed E-state index contributed by atoms with van der Waals surface area (Å²) in [6, 6.07) is 15.4. The number of ether oxygens (including phenoxy) is 2. The predicted octanol–water partition coefficient (Wildman–Crippen LogP) is 1.78. The molecule has 168 valence electrons. The van der Waals surface area contributed by atoms with Crippen LogP contribution in [0.15, 0.2) is 48.5 Å². The number of nitrogens with one attached hydrogen (secondary N) is 1. The van der Waals surface area contributed by atoms with Crippen LogP contribution in [0, 0.1) is 17.1 Å². The average Bonchev–Trinajstić information content (AvgIpc) is 2.78. The van der Waals surface area contributed by atoms with Crippen LogP contribution in [0.2, 0.25) is 0 Å². The molecule has 4 rings (SSSR count). The van der Waals surface area contributed by atoms with E-state index >= 15 is 0 Å².